The molecule has 1 aromatic rings. The summed E-state index contributed by atoms with van der Waals surface area (Å²) in [7, 11) is 0. The van der Waals surface area contributed by atoms with Crippen molar-refractivity contribution < 1.29 is 9.56 Å². The summed E-state index contributed by atoms with van der Waals surface area (Å²) in [4.78, 5) is 17.0. The van der Waals surface area contributed by atoms with E-state index in [2.05, 4.69) is 19.7 Å². The zero-order valence-corrected chi connectivity index (χ0v) is 7.43. The van der Waals surface area contributed by atoms with Crippen molar-refractivity contribution in [2.75, 3.05) is 0 Å². The fraction of sp³-hybridized carbons (Fsp3) is 0.250. The van der Waals surface area contributed by atoms with E-state index in [0.717, 1.165) is 0 Å². The van der Waals surface area contributed by atoms with Crippen LogP contribution in [0.15, 0.2) is 9.52 Å². The summed E-state index contributed by atoms with van der Waals surface area (Å²) in [6, 6.07) is -0.201. The molecule has 0 fully saturated rings. The van der Waals surface area contributed by atoms with E-state index in [-0.39, 0.29) is 17.7 Å². The Morgan fingerprint density at radius 1 is 1.86 bits per heavy atom. The number of aromatic nitrogens is 2. The van der Waals surface area contributed by atoms with Crippen molar-refractivity contribution in [2.24, 2.45) is 10.7 Å². The van der Waals surface area contributed by atoms with Gasteiger partial charge in [0.25, 0.3) is 5.96 Å². The van der Waals surface area contributed by atoms with Crippen molar-refractivity contribution in [3.8, 4) is 0 Å². The highest BCUT2D eigenvalue weighted by Crippen LogP contribution is 2.08. The molecule has 0 bridgehead atoms. The second-order valence-corrected chi connectivity index (χ2v) is 2.26. The first-order valence-electron chi connectivity index (χ1n) is 3.25. The molecule has 0 aromatic carbocycles. The number of nitrogens with two attached hydrogens (primary N) is 1. The highest BCUT2D eigenvalue weighted by Gasteiger charge is 2.06. The minimum atomic E-state index is -0.863. The van der Waals surface area contributed by atoms with Crippen LogP contribution in [-0.2, 0) is 5.88 Å². The van der Waals surface area contributed by atoms with Crippen molar-refractivity contribution in [2.45, 2.75) is 5.88 Å². The highest BCUT2D eigenvalue weighted by atomic mass is 35.5. The summed E-state index contributed by atoms with van der Waals surface area (Å²) in [5, 5.41) is 12.4. The average molecular weight is 221 g/mol. The fourth-order valence-corrected chi connectivity index (χ4v) is 0.675. The quantitative estimate of drug-likeness (QED) is 0.231. The van der Waals surface area contributed by atoms with Crippen LogP contribution < -0.4 is 11.2 Å². The number of aliphatic imine (C=N–C) groups is 1. The molecule has 1 rings (SSSR count). The van der Waals surface area contributed by atoms with E-state index in [9.17, 15) is 10.1 Å². The molecule has 10 heteroatoms. The Labute approximate surface area is 82.1 Å². The summed E-state index contributed by atoms with van der Waals surface area (Å²) in [5.74, 6) is -0.180. The summed E-state index contributed by atoms with van der Waals surface area (Å²) in [6.07, 6.45) is 0. The minimum Gasteiger partial charge on any atom is -0.365 e. The lowest BCUT2D eigenvalue weighted by atomic mass is 10.7. The Kier molecular flexibility index (Phi) is 3.18. The van der Waals surface area contributed by atoms with Crippen molar-refractivity contribution >= 4 is 23.6 Å². The number of hydrogen-bond acceptors (Lipinski definition) is 6. The van der Waals surface area contributed by atoms with Gasteiger partial charge in [-0.2, -0.15) is 9.98 Å². The van der Waals surface area contributed by atoms with Gasteiger partial charge in [-0.15, -0.1) is 11.6 Å². The third kappa shape index (κ3) is 2.86. The van der Waals surface area contributed by atoms with E-state index in [4.69, 9.17) is 17.3 Å². The van der Waals surface area contributed by atoms with Gasteiger partial charge in [0, 0.05) is 0 Å². The Morgan fingerprint density at radius 2 is 2.57 bits per heavy atom. The first-order chi connectivity index (χ1) is 6.61. The number of halogens is 1. The molecule has 9 nitrogen and oxygen atoms in total. The molecule has 0 aliphatic rings. The van der Waals surface area contributed by atoms with Crippen LogP contribution in [0.2, 0.25) is 0 Å². The van der Waals surface area contributed by atoms with E-state index in [0.29, 0.717) is 0 Å². The monoisotopic (exact) mass is 220 g/mol. The first-order valence-corrected chi connectivity index (χ1v) is 3.79. The molecule has 0 amide bonds. The zero-order valence-electron chi connectivity index (χ0n) is 6.68. The van der Waals surface area contributed by atoms with Gasteiger partial charge in [-0.1, -0.05) is 10.6 Å². The minimum absolute atomic E-state index is 0.0571. The summed E-state index contributed by atoms with van der Waals surface area (Å²) < 4.78 is 4.53. The molecule has 0 aliphatic heterocycles. The highest BCUT2D eigenvalue weighted by molar-refractivity contribution is 6.16. The normalized spacial score (nSPS) is 11.4. The van der Waals surface area contributed by atoms with Crippen molar-refractivity contribution in [1.82, 2.24) is 15.6 Å². The molecule has 0 unspecified atom stereocenters. The molecule has 0 spiro atoms. The summed E-state index contributed by atoms with van der Waals surface area (Å²) in [6.45, 7) is 0. The molecule has 76 valence electrons. The van der Waals surface area contributed by atoms with Crippen LogP contribution in [0.1, 0.15) is 5.82 Å². The number of rotatable bonds is 3. The van der Waals surface area contributed by atoms with Crippen LogP contribution in [0.3, 0.4) is 0 Å². The maximum atomic E-state index is 9.91. The molecule has 1 aromatic heterocycles. The predicted octanol–water partition coefficient (Wildman–Crippen LogP) is -0.464. The number of alkyl halides is 1. The topological polar surface area (TPSA) is 132 Å². The summed E-state index contributed by atoms with van der Waals surface area (Å²) >= 11 is 5.37. The van der Waals surface area contributed by atoms with Crippen molar-refractivity contribution in [1.29, 1.82) is 0 Å². The lowest BCUT2D eigenvalue weighted by Gasteiger charge is -1.91. The van der Waals surface area contributed by atoms with Gasteiger partial charge in [-0.3, -0.25) is 0 Å². The van der Waals surface area contributed by atoms with Crippen molar-refractivity contribution in [3.63, 3.8) is 0 Å². The number of hydrazine groups is 1. The SMILES string of the molecule is NC(=Nc1nc(CCl)no1)N[N+](=O)[O-]. The van der Waals surface area contributed by atoms with Crippen LogP contribution in [0.5, 0.6) is 0 Å². The van der Waals surface area contributed by atoms with Gasteiger partial charge < -0.3 is 10.3 Å². The second-order valence-electron chi connectivity index (χ2n) is 1.99. The summed E-state index contributed by atoms with van der Waals surface area (Å²) in [5.41, 5.74) is 6.70. The molecule has 14 heavy (non-hydrogen) atoms. The number of guanidine groups is 1. The molecule has 1 heterocycles. The predicted molar refractivity (Wildman–Crippen MR) is 45.3 cm³/mol. The van der Waals surface area contributed by atoms with E-state index in [1.54, 1.807) is 5.43 Å². The lowest BCUT2D eigenvalue weighted by Crippen LogP contribution is -2.35. The Hall–Kier alpha value is -1.90. The Bertz CT molecular complexity index is 362. The number of nitrogens with one attached hydrogen (secondary N) is 1. The average Bonchev–Trinajstić information content (AvgIpc) is 2.50. The third-order valence-corrected chi connectivity index (χ3v) is 1.24. The first kappa shape index (κ1) is 10.2. The van der Waals surface area contributed by atoms with Crippen molar-refractivity contribution in [3.05, 3.63) is 15.9 Å². The zero-order chi connectivity index (χ0) is 10.6. The van der Waals surface area contributed by atoms with Crippen LogP contribution >= 0.6 is 11.6 Å². The Morgan fingerprint density at radius 3 is 3.07 bits per heavy atom. The number of hydrogen-bond donors (Lipinski definition) is 2. The largest absolute Gasteiger partial charge is 0.365 e. The van der Waals surface area contributed by atoms with E-state index in [1.165, 1.54) is 0 Å². The van der Waals surface area contributed by atoms with Gasteiger partial charge >= 0.3 is 6.01 Å². The van der Waals surface area contributed by atoms with Crippen LogP contribution in [0.25, 0.3) is 0 Å². The van der Waals surface area contributed by atoms with Crippen LogP contribution in [-0.4, -0.2) is 21.1 Å². The molecule has 0 atom stereocenters. The third-order valence-electron chi connectivity index (χ3n) is 0.999. The maximum absolute atomic E-state index is 9.91. The van der Waals surface area contributed by atoms with E-state index in [1.807, 2.05) is 0 Å². The lowest BCUT2D eigenvalue weighted by molar-refractivity contribution is -0.525. The molecule has 0 saturated carbocycles. The molecule has 0 radical (unpaired) electrons. The standard InChI is InChI=1S/C4H5ClN6O3/c5-1-2-7-4(14-10-2)8-3(6)9-11(12)13/h1H2,(H3,6,7,8,9,10). The maximum Gasteiger partial charge on any atom is 0.351 e. The number of nitrogens with zero attached hydrogens (tertiary/aromatic N) is 4. The van der Waals surface area contributed by atoms with Crippen LogP contribution in [0.4, 0.5) is 6.01 Å². The molecule has 3 N–H and O–H groups in total. The van der Waals surface area contributed by atoms with E-state index >= 15 is 0 Å². The van der Waals surface area contributed by atoms with Crippen LogP contribution in [0, 0.1) is 10.1 Å². The smallest absolute Gasteiger partial charge is 0.351 e. The molecular formula is C4H5ClN6O3. The van der Waals surface area contributed by atoms with Gasteiger partial charge in [0.2, 0.25) is 0 Å². The molecule has 0 aliphatic carbocycles. The van der Waals surface area contributed by atoms with Gasteiger partial charge in [0.1, 0.15) is 0 Å². The van der Waals surface area contributed by atoms with E-state index < -0.39 is 11.0 Å². The van der Waals surface area contributed by atoms with Gasteiger partial charge in [-0.25, -0.2) is 10.1 Å². The van der Waals surface area contributed by atoms with Gasteiger partial charge in [-0.05, 0) is 0 Å². The fourth-order valence-electron chi connectivity index (χ4n) is 0.566. The second kappa shape index (κ2) is 4.37. The molecule has 0 saturated heterocycles. The Balaban J connectivity index is 2.70. The number of nitro groups is 1. The molecular weight excluding hydrogens is 216 g/mol. The van der Waals surface area contributed by atoms with Gasteiger partial charge in [0.15, 0.2) is 10.9 Å². The van der Waals surface area contributed by atoms with Gasteiger partial charge in [0.05, 0.1) is 5.88 Å².